The number of carbonyl (C=O) groups is 1. The van der Waals surface area contributed by atoms with Crippen LogP contribution in [0, 0.1) is 0 Å². The van der Waals surface area contributed by atoms with E-state index >= 15 is 0 Å². The molecule has 0 spiro atoms. The van der Waals surface area contributed by atoms with Crippen LogP contribution in [0.1, 0.15) is 20.8 Å². The molecule has 0 N–H and O–H groups in total. The lowest BCUT2D eigenvalue weighted by atomic mass is 10.1. The third kappa shape index (κ3) is 3.21. The second kappa shape index (κ2) is 3.46. The Morgan fingerprint density at radius 1 is 1.43 bits per heavy atom. The van der Waals surface area contributed by atoms with Gasteiger partial charge in [0.2, 0.25) is 5.91 Å². The van der Waals surface area contributed by atoms with E-state index in [2.05, 4.69) is 0 Å². The average Bonchev–Trinajstić information content (AvgIpc) is 1.94. The number of hydrogen-bond acceptors (Lipinski definition) is 2. The highest BCUT2D eigenvalue weighted by atomic mass is 19.3. The van der Waals surface area contributed by atoms with Gasteiger partial charge in [-0.15, -0.1) is 0 Å². The predicted octanol–water partition coefficient (Wildman–Crippen LogP) is 1.28. The normalized spacial score (nSPS) is 20.5. The van der Waals surface area contributed by atoms with Crippen molar-refractivity contribution < 1.29 is 18.3 Å². The van der Waals surface area contributed by atoms with E-state index in [0.29, 0.717) is 0 Å². The maximum Gasteiger partial charge on any atom is 0.282 e. The fraction of sp³-hybridized carbons (Fsp3) is 0.889. The van der Waals surface area contributed by atoms with Crippen molar-refractivity contribution in [3.63, 3.8) is 0 Å². The standard InChI is InChI=1S/C9H15F2NO2/c1-8(2,3)14-4-7(13)12-5-9(10,11)6-12/h4-6H2,1-3H3. The molecular weight excluding hydrogens is 192 g/mol. The van der Waals surface area contributed by atoms with Crippen molar-refractivity contribution in [1.29, 1.82) is 0 Å². The number of nitrogens with zero attached hydrogens (tertiary/aromatic N) is 1. The van der Waals surface area contributed by atoms with Crippen LogP contribution in [0.2, 0.25) is 0 Å². The van der Waals surface area contributed by atoms with Gasteiger partial charge in [-0.1, -0.05) is 0 Å². The summed E-state index contributed by atoms with van der Waals surface area (Å²) in [5, 5.41) is 0. The molecule has 1 heterocycles. The summed E-state index contributed by atoms with van der Waals surface area (Å²) >= 11 is 0. The first-order chi connectivity index (χ1) is 6.20. The Hall–Kier alpha value is -0.710. The van der Waals surface area contributed by atoms with Crippen LogP contribution in [0.15, 0.2) is 0 Å². The van der Waals surface area contributed by atoms with Gasteiger partial charge in [-0.05, 0) is 20.8 Å². The number of rotatable bonds is 2. The third-order valence-corrected chi connectivity index (χ3v) is 1.83. The van der Waals surface area contributed by atoms with Gasteiger partial charge in [-0.3, -0.25) is 4.79 Å². The second-order valence-corrected chi connectivity index (χ2v) is 4.51. The third-order valence-electron chi connectivity index (χ3n) is 1.83. The summed E-state index contributed by atoms with van der Waals surface area (Å²) in [4.78, 5) is 12.3. The van der Waals surface area contributed by atoms with E-state index in [9.17, 15) is 13.6 Å². The highest BCUT2D eigenvalue weighted by Gasteiger charge is 2.46. The Bertz CT molecular complexity index is 227. The highest BCUT2D eigenvalue weighted by Crippen LogP contribution is 2.26. The lowest BCUT2D eigenvalue weighted by Gasteiger charge is -2.39. The number of ether oxygens (including phenoxy) is 1. The summed E-state index contributed by atoms with van der Waals surface area (Å²) in [5.74, 6) is -3.07. The smallest absolute Gasteiger partial charge is 0.282 e. The number of amides is 1. The zero-order valence-electron chi connectivity index (χ0n) is 8.64. The molecule has 0 aromatic carbocycles. The van der Waals surface area contributed by atoms with E-state index in [1.54, 1.807) is 0 Å². The Morgan fingerprint density at radius 3 is 2.29 bits per heavy atom. The number of hydrogen-bond donors (Lipinski definition) is 0. The van der Waals surface area contributed by atoms with Crippen LogP contribution in [-0.4, -0.2) is 42.0 Å². The van der Waals surface area contributed by atoms with Crippen LogP contribution in [0.3, 0.4) is 0 Å². The number of alkyl halides is 2. The molecule has 0 radical (unpaired) electrons. The Kier molecular flexibility index (Phi) is 2.81. The summed E-state index contributed by atoms with van der Waals surface area (Å²) in [5.41, 5.74) is -0.414. The molecule has 0 unspecified atom stereocenters. The molecule has 1 fully saturated rings. The number of likely N-dealkylation sites (tertiary alicyclic amines) is 1. The SMILES string of the molecule is CC(C)(C)OCC(=O)N1CC(F)(F)C1. The van der Waals surface area contributed by atoms with Gasteiger partial charge in [0.15, 0.2) is 0 Å². The molecule has 0 saturated carbocycles. The van der Waals surface area contributed by atoms with Gasteiger partial charge in [0.25, 0.3) is 5.92 Å². The minimum atomic E-state index is -2.70. The van der Waals surface area contributed by atoms with E-state index in [1.807, 2.05) is 20.8 Å². The number of halogens is 2. The topological polar surface area (TPSA) is 29.5 Å². The second-order valence-electron chi connectivity index (χ2n) is 4.51. The lowest BCUT2D eigenvalue weighted by molar-refractivity contribution is -0.173. The van der Waals surface area contributed by atoms with Crippen molar-refractivity contribution >= 4 is 5.91 Å². The molecule has 1 saturated heterocycles. The minimum absolute atomic E-state index is 0.125. The molecule has 3 nitrogen and oxygen atoms in total. The number of carbonyl (C=O) groups excluding carboxylic acids is 1. The summed E-state index contributed by atoms with van der Waals surface area (Å²) in [6, 6.07) is 0. The van der Waals surface area contributed by atoms with Crippen LogP contribution in [0.4, 0.5) is 8.78 Å². The monoisotopic (exact) mass is 207 g/mol. The Morgan fingerprint density at radius 2 is 1.93 bits per heavy atom. The maximum absolute atomic E-state index is 12.4. The zero-order valence-corrected chi connectivity index (χ0v) is 8.64. The molecule has 1 amide bonds. The summed E-state index contributed by atoms with van der Waals surface area (Å²) in [7, 11) is 0. The molecule has 0 atom stereocenters. The first-order valence-electron chi connectivity index (χ1n) is 4.49. The molecule has 5 heteroatoms. The molecule has 0 aromatic heterocycles. The van der Waals surface area contributed by atoms with Crippen LogP contribution < -0.4 is 0 Å². The van der Waals surface area contributed by atoms with Crippen molar-refractivity contribution in [2.45, 2.75) is 32.3 Å². The fourth-order valence-corrected chi connectivity index (χ4v) is 1.06. The van der Waals surface area contributed by atoms with Gasteiger partial charge in [-0.2, -0.15) is 0 Å². The van der Waals surface area contributed by atoms with Gasteiger partial charge >= 0.3 is 0 Å². The lowest BCUT2D eigenvalue weighted by Crippen LogP contribution is -2.59. The Balaban J connectivity index is 2.25. The molecule has 0 aliphatic carbocycles. The van der Waals surface area contributed by atoms with Crippen molar-refractivity contribution in [2.75, 3.05) is 19.7 Å². The Labute approximate surface area is 82.0 Å². The van der Waals surface area contributed by atoms with Gasteiger partial charge < -0.3 is 9.64 Å². The van der Waals surface area contributed by atoms with Crippen molar-refractivity contribution in [3.05, 3.63) is 0 Å². The molecule has 0 bridgehead atoms. The van der Waals surface area contributed by atoms with Gasteiger partial charge in [0, 0.05) is 0 Å². The van der Waals surface area contributed by atoms with E-state index in [-0.39, 0.29) is 12.5 Å². The average molecular weight is 207 g/mol. The van der Waals surface area contributed by atoms with Gasteiger partial charge in [0.05, 0.1) is 18.7 Å². The van der Waals surface area contributed by atoms with Crippen molar-refractivity contribution in [1.82, 2.24) is 4.90 Å². The molecular formula is C9H15F2NO2. The molecule has 14 heavy (non-hydrogen) atoms. The zero-order chi connectivity index (χ0) is 11.0. The highest BCUT2D eigenvalue weighted by molar-refractivity contribution is 5.78. The first kappa shape index (κ1) is 11.4. The van der Waals surface area contributed by atoms with Crippen LogP contribution in [-0.2, 0) is 9.53 Å². The maximum atomic E-state index is 12.4. The van der Waals surface area contributed by atoms with E-state index < -0.39 is 24.6 Å². The summed E-state index contributed by atoms with van der Waals surface area (Å²) in [6.45, 7) is 4.36. The minimum Gasteiger partial charge on any atom is -0.366 e. The van der Waals surface area contributed by atoms with Gasteiger partial charge in [-0.25, -0.2) is 8.78 Å². The van der Waals surface area contributed by atoms with E-state index in [0.717, 1.165) is 4.90 Å². The molecule has 1 rings (SSSR count). The van der Waals surface area contributed by atoms with Crippen LogP contribution in [0.25, 0.3) is 0 Å². The van der Waals surface area contributed by atoms with Crippen molar-refractivity contribution in [2.24, 2.45) is 0 Å². The molecule has 1 aliphatic rings. The molecule has 82 valence electrons. The largest absolute Gasteiger partial charge is 0.366 e. The first-order valence-corrected chi connectivity index (χ1v) is 4.49. The predicted molar refractivity (Wildman–Crippen MR) is 47.2 cm³/mol. The summed E-state index contributed by atoms with van der Waals surface area (Å²) < 4.78 is 30.0. The quantitative estimate of drug-likeness (QED) is 0.682. The van der Waals surface area contributed by atoms with Crippen LogP contribution in [0.5, 0.6) is 0 Å². The van der Waals surface area contributed by atoms with E-state index in [1.165, 1.54) is 0 Å². The molecule has 1 aliphatic heterocycles. The summed E-state index contributed by atoms with van der Waals surface area (Å²) in [6.07, 6.45) is 0. The van der Waals surface area contributed by atoms with Crippen molar-refractivity contribution in [3.8, 4) is 0 Å². The fourth-order valence-electron chi connectivity index (χ4n) is 1.06. The van der Waals surface area contributed by atoms with Gasteiger partial charge in [0.1, 0.15) is 6.61 Å². The van der Waals surface area contributed by atoms with E-state index in [4.69, 9.17) is 4.74 Å². The van der Waals surface area contributed by atoms with Crippen LogP contribution >= 0.6 is 0 Å². The molecule has 0 aromatic rings.